The maximum absolute atomic E-state index is 13.6. The SMILES string of the molecule is CCCC(C)(C)C(F)(C(O)(F)F)C(F)(F)F. The predicted molar refractivity (Wildman–Crippen MR) is 45.7 cm³/mol. The Kier molecular flexibility index (Phi) is 3.97. The first kappa shape index (κ1) is 15.5. The van der Waals surface area contributed by atoms with Gasteiger partial charge in [0, 0.05) is 5.41 Å². The monoisotopic (exact) mass is 252 g/mol. The summed E-state index contributed by atoms with van der Waals surface area (Å²) in [6.07, 6.45) is -11.7. The van der Waals surface area contributed by atoms with Crippen molar-refractivity contribution in [2.75, 3.05) is 0 Å². The molecule has 0 saturated carbocycles. The highest BCUT2D eigenvalue weighted by molar-refractivity contribution is 5.04. The molecule has 0 aromatic heterocycles. The molecular formula is C9H14F6O. The van der Waals surface area contributed by atoms with Gasteiger partial charge in [-0.25, -0.2) is 4.39 Å². The molecule has 0 saturated heterocycles. The maximum atomic E-state index is 13.6. The first-order chi connectivity index (χ1) is 6.81. The Bertz CT molecular complexity index is 225. The van der Waals surface area contributed by atoms with Gasteiger partial charge in [0.2, 0.25) is 0 Å². The summed E-state index contributed by atoms with van der Waals surface area (Å²) in [7, 11) is 0. The van der Waals surface area contributed by atoms with Crippen LogP contribution < -0.4 is 0 Å². The summed E-state index contributed by atoms with van der Waals surface area (Å²) < 4.78 is 76.0. The van der Waals surface area contributed by atoms with E-state index in [2.05, 4.69) is 0 Å². The quantitative estimate of drug-likeness (QED) is 0.757. The summed E-state index contributed by atoms with van der Waals surface area (Å²) in [5.74, 6) is 0. The van der Waals surface area contributed by atoms with Crippen LogP contribution in [0.25, 0.3) is 0 Å². The molecule has 0 amide bonds. The average molecular weight is 252 g/mol. The molecule has 0 spiro atoms. The molecule has 1 N–H and O–H groups in total. The van der Waals surface area contributed by atoms with E-state index in [1.807, 2.05) is 0 Å². The van der Waals surface area contributed by atoms with Gasteiger partial charge in [-0.05, 0) is 6.42 Å². The molecule has 1 nitrogen and oxygen atoms in total. The third kappa shape index (κ3) is 2.28. The highest BCUT2D eigenvalue weighted by Crippen LogP contribution is 2.55. The molecule has 0 aliphatic heterocycles. The minimum absolute atomic E-state index is 0.0881. The van der Waals surface area contributed by atoms with E-state index in [0.29, 0.717) is 13.8 Å². The number of aliphatic hydroxyl groups is 1. The molecule has 98 valence electrons. The first-order valence-corrected chi connectivity index (χ1v) is 4.67. The summed E-state index contributed by atoms with van der Waals surface area (Å²) in [5, 5.41) is 8.21. The fourth-order valence-corrected chi connectivity index (χ4v) is 1.76. The summed E-state index contributed by atoms with van der Waals surface area (Å²) >= 11 is 0. The van der Waals surface area contributed by atoms with Crippen LogP contribution in [0.3, 0.4) is 0 Å². The summed E-state index contributed by atoms with van der Waals surface area (Å²) in [6, 6.07) is 0. The molecule has 1 atom stereocenters. The van der Waals surface area contributed by atoms with Gasteiger partial charge < -0.3 is 5.11 Å². The summed E-state index contributed by atoms with van der Waals surface area (Å²) in [4.78, 5) is 0. The van der Waals surface area contributed by atoms with Gasteiger partial charge in [-0.2, -0.15) is 22.0 Å². The Morgan fingerprint density at radius 3 is 1.50 bits per heavy atom. The molecule has 0 aromatic carbocycles. The molecule has 7 heteroatoms. The zero-order valence-electron chi connectivity index (χ0n) is 9.13. The number of rotatable bonds is 4. The van der Waals surface area contributed by atoms with Crippen molar-refractivity contribution in [1.82, 2.24) is 0 Å². The van der Waals surface area contributed by atoms with Crippen LogP contribution in [0.1, 0.15) is 33.6 Å². The van der Waals surface area contributed by atoms with Crippen LogP contribution in [-0.2, 0) is 0 Å². The van der Waals surface area contributed by atoms with E-state index < -0.39 is 29.8 Å². The minimum atomic E-state index is -5.84. The fraction of sp³-hybridized carbons (Fsp3) is 1.00. The molecule has 0 aliphatic carbocycles. The Morgan fingerprint density at radius 1 is 0.938 bits per heavy atom. The lowest BCUT2D eigenvalue weighted by molar-refractivity contribution is -0.397. The molecule has 0 radical (unpaired) electrons. The van der Waals surface area contributed by atoms with Crippen LogP contribution >= 0.6 is 0 Å². The van der Waals surface area contributed by atoms with Crippen molar-refractivity contribution in [1.29, 1.82) is 0 Å². The normalized spacial score (nSPS) is 18.4. The second-order valence-electron chi connectivity index (χ2n) is 4.33. The van der Waals surface area contributed by atoms with Crippen molar-refractivity contribution in [3.8, 4) is 0 Å². The van der Waals surface area contributed by atoms with E-state index in [4.69, 9.17) is 5.11 Å². The highest BCUT2D eigenvalue weighted by Gasteiger charge is 2.77. The molecule has 0 aliphatic rings. The van der Waals surface area contributed by atoms with Gasteiger partial charge in [0.1, 0.15) is 0 Å². The Morgan fingerprint density at radius 2 is 1.31 bits per heavy atom. The van der Waals surface area contributed by atoms with Crippen molar-refractivity contribution < 1.29 is 31.4 Å². The molecule has 0 fully saturated rings. The molecule has 0 bridgehead atoms. The molecule has 0 aromatic rings. The van der Waals surface area contributed by atoms with E-state index in [9.17, 15) is 26.3 Å². The van der Waals surface area contributed by atoms with Crippen molar-refractivity contribution in [2.24, 2.45) is 5.41 Å². The zero-order chi connectivity index (χ0) is 13.4. The Hall–Kier alpha value is -0.460. The second kappa shape index (κ2) is 4.09. The van der Waals surface area contributed by atoms with Gasteiger partial charge in [-0.3, -0.25) is 0 Å². The van der Waals surface area contributed by atoms with Crippen LogP contribution in [0.4, 0.5) is 26.3 Å². The average Bonchev–Trinajstić information content (AvgIpc) is 1.98. The Balaban J connectivity index is 5.61. The van der Waals surface area contributed by atoms with Crippen LogP contribution in [0.15, 0.2) is 0 Å². The number of hydrogen-bond acceptors (Lipinski definition) is 1. The Labute approximate surface area is 89.4 Å². The van der Waals surface area contributed by atoms with Crippen molar-refractivity contribution >= 4 is 0 Å². The third-order valence-corrected chi connectivity index (χ3v) is 2.61. The second-order valence-corrected chi connectivity index (χ2v) is 4.33. The van der Waals surface area contributed by atoms with E-state index in [1.54, 1.807) is 0 Å². The largest absolute Gasteiger partial charge is 0.431 e. The van der Waals surface area contributed by atoms with Crippen LogP contribution in [0.2, 0.25) is 0 Å². The number of alkyl halides is 6. The van der Waals surface area contributed by atoms with Crippen molar-refractivity contribution in [2.45, 2.75) is 51.6 Å². The van der Waals surface area contributed by atoms with Crippen molar-refractivity contribution in [3.05, 3.63) is 0 Å². The van der Waals surface area contributed by atoms with Crippen LogP contribution in [0.5, 0.6) is 0 Å². The predicted octanol–water partition coefficient (Wildman–Crippen LogP) is 3.67. The summed E-state index contributed by atoms with van der Waals surface area (Å²) in [6.45, 7) is 2.87. The lowest BCUT2D eigenvalue weighted by atomic mass is 9.71. The van der Waals surface area contributed by atoms with Crippen LogP contribution in [0, 0.1) is 5.41 Å². The van der Waals surface area contributed by atoms with E-state index in [-0.39, 0.29) is 6.42 Å². The van der Waals surface area contributed by atoms with Gasteiger partial charge in [0.25, 0.3) is 5.67 Å². The van der Waals surface area contributed by atoms with Gasteiger partial charge in [-0.1, -0.05) is 27.2 Å². The topological polar surface area (TPSA) is 20.2 Å². The number of hydrogen-bond donors (Lipinski definition) is 1. The van der Waals surface area contributed by atoms with Gasteiger partial charge >= 0.3 is 12.3 Å². The lowest BCUT2D eigenvalue weighted by Crippen LogP contribution is -2.63. The maximum Gasteiger partial charge on any atom is 0.431 e. The van der Waals surface area contributed by atoms with Crippen molar-refractivity contribution in [3.63, 3.8) is 0 Å². The van der Waals surface area contributed by atoms with E-state index >= 15 is 0 Å². The fourth-order valence-electron chi connectivity index (χ4n) is 1.76. The van der Waals surface area contributed by atoms with Crippen LogP contribution in [-0.4, -0.2) is 23.1 Å². The molecule has 1 unspecified atom stereocenters. The molecular weight excluding hydrogens is 238 g/mol. The van der Waals surface area contributed by atoms with Gasteiger partial charge in [0.05, 0.1) is 0 Å². The van der Waals surface area contributed by atoms with E-state index in [0.717, 1.165) is 0 Å². The third-order valence-electron chi connectivity index (χ3n) is 2.61. The van der Waals surface area contributed by atoms with E-state index in [1.165, 1.54) is 6.92 Å². The number of halogens is 6. The minimum Gasteiger partial charge on any atom is -0.333 e. The molecule has 16 heavy (non-hydrogen) atoms. The van der Waals surface area contributed by atoms with Gasteiger partial charge in [0.15, 0.2) is 0 Å². The highest BCUT2D eigenvalue weighted by atomic mass is 19.4. The van der Waals surface area contributed by atoms with Gasteiger partial charge in [-0.15, -0.1) is 0 Å². The molecule has 0 heterocycles. The first-order valence-electron chi connectivity index (χ1n) is 4.67. The zero-order valence-corrected chi connectivity index (χ0v) is 9.13. The molecule has 0 rings (SSSR count). The summed E-state index contributed by atoms with van der Waals surface area (Å²) in [5.41, 5.74) is -7.37. The smallest absolute Gasteiger partial charge is 0.333 e. The standard InChI is InChI=1S/C9H14F6O/c1-4-5-6(2,3)7(10,8(11,12)13)9(14,15)16/h16H,4-5H2,1-3H3. The lowest BCUT2D eigenvalue weighted by Gasteiger charge is -2.43.